The number of rotatable bonds is 5. The summed E-state index contributed by atoms with van der Waals surface area (Å²) in [6.07, 6.45) is 3.55. The van der Waals surface area contributed by atoms with Gasteiger partial charge in [0.1, 0.15) is 17.7 Å². The van der Waals surface area contributed by atoms with Crippen LogP contribution in [-0.4, -0.2) is 40.5 Å². The second-order valence-electron chi connectivity index (χ2n) is 5.73. The zero-order chi connectivity index (χ0) is 17.8. The van der Waals surface area contributed by atoms with Gasteiger partial charge in [-0.1, -0.05) is 0 Å². The van der Waals surface area contributed by atoms with E-state index in [-0.39, 0.29) is 11.7 Å². The van der Waals surface area contributed by atoms with E-state index in [9.17, 15) is 4.79 Å². The molecule has 3 rings (SSSR count). The van der Waals surface area contributed by atoms with Gasteiger partial charge in [-0.05, 0) is 43.5 Å². The molecule has 1 aliphatic heterocycles. The van der Waals surface area contributed by atoms with Crippen LogP contribution in [-0.2, 0) is 13.0 Å². The van der Waals surface area contributed by atoms with E-state index in [4.69, 9.17) is 15.2 Å². The fourth-order valence-corrected chi connectivity index (χ4v) is 2.95. The van der Waals surface area contributed by atoms with Crippen molar-refractivity contribution in [3.05, 3.63) is 41.3 Å². The van der Waals surface area contributed by atoms with Gasteiger partial charge in [-0.2, -0.15) is 0 Å². The number of anilines is 1. The molecule has 0 saturated carbocycles. The number of amides is 1. The lowest BCUT2D eigenvalue weighted by molar-refractivity contribution is 0.0734. The molecule has 2 N–H and O–H groups in total. The van der Waals surface area contributed by atoms with Crippen molar-refractivity contribution in [2.24, 2.45) is 0 Å². The number of hydrogen-bond acceptors (Lipinski definition) is 6. The van der Waals surface area contributed by atoms with Gasteiger partial charge in [0, 0.05) is 19.3 Å². The monoisotopic (exact) mass is 342 g/mol. The Kier molecular flexibility index (Phi) is 5.02. The SMILES string of the molecule is CCOc1cc2c(cc1OCC)CN(C(=O)c1cncnc1N)CC2. The van der Waals surface area contributed by atoms with Gasteiger partial charge in [0.05, 0.1) is 13.2 Å². The van der Waals surface area contributed by atoms with Crippen LogP contribution in [0.4, 0.5) is 5.82 Å². The van der Waals surface area contributed by atoms with Crippen molar-refractivity contribution in [2.75, 3.05) is 25.5 Å². The number of nitrogens with two attached hydrogens (primary N) is 1. The summed E-state index contributed by atoms with van der Waals surface area (Å²) in [5, 5.41) is 0. The molecule has 2 heterocycles. The first kappa shape index (κ1) is 17.0. The molecule has 1 aliphatic rings. The third-order valence-corrected chi connectivity index (χ3v) is 4.14. The van der Waals surface area contributed by atoms with Crippen LogP contribution < -0.4 is 15.2 Å². The fraction of sp³-hybridized carbons (Fsp3) is 0.389. The van der Waals surface area contributed by atoms with Crippen LogP contribution in [0.3, 0.4) is 0 Å². The Hall–Kier alpha value is -2.83. The maximum absolute atomic E-state index is 12.7. The highest BCUT2D eigenvalue weighted by atomic mass is 16.5. The maximum Gasteiger partial charge on any atom is 0.259 e. The van der Waals surface area contributed by atoms with Gasteiger partial charge in [0.15, 0.2) is 11.5 Å². The first-order valence-electron chi connectivity index (χ1n) is 8.40. The number of carbonyl (C=O) groups is 1. The predicted molar refractivity (Wildman–Crippen MR) is 93.7 cm³/mol. The van der Waals surface area contributed by atoms with Crippen LogP contribution in [0, 0.1) is 0 Å². The molecule has 7 heteroatoms. The Morgan fingerprint density at radius 1 is 1.20 bits per heavy atom. The van der Waals surface area contributed by atoms with Gasteiger partial charge in [-0.25, -0.2) is 9.97 Å². The molecule has 25 heavy (non-hydrogen) atoms. The zero-order valence-electron chi connectivity index (χ0n) is 14.5. The number of hydrogen-bond donors (Lipinski definition) is 1. The lowest BCUT2D eigenvalue weighted by Gasteiger charge is -2.30. The number of ether oxygens (including phenoxy) is 2. The number of fused-ring (bicyclic) bond motifs is 1. The third-order valence-electron chi connectivity index (χ3n) is 4.14. The zero-order valence-corrected chi connectivity index (χ0v) is 14.5. The van der Waals surface area contributed by atoms with E-state index in [1.165, 1.54) is 18.1 Å². The van der Waals surface area contributed by atoms with Crippen molar-refractivity contribution in [3.63, 3.8) is 0 Å². The van der Waals surface area contributed by atoms with Crippen LogP contribution >= 0.6 is 0 Å². The molecular formula is C18H22N4O3. The van der Waals surface area contributed by atoms with E-state index in [1.807, 2.05) is 26.0 Å². The summed E-state index contributed by atoms with van der Waals surface area (Å²) in [5.41, 5.74) is 8.37. The molecule has 0 atom stereocenters. The van der Waals surface area contributed by atoms with Crippen molar-refractivity contribution in [1.29, 1.82) is 0 Å². The topological polar surface area (TPSA) is 90.6 Å². The summed E-state index contributed by atoms with van der Waals surface area (Å²) in [6.45, 7) is 6.12. The first-order valence-corrected chi connectivity index (χ1v) is 8.40. The second-order valence-corrected chi connectivity index (χ2v) is 5.73. The van der Waals surface area contributed by atoms with Crippen molar-refractivity contribution in [2.45, 2.75) is 26.8 Å². The molecule has 7 nitrogen and oxygen atoms in total. The number of benzene rings is 1. The van der Waals surface area contributed by atoms with Crippen LogP contribution in [0.1, 0.15) is 35.3 Å². The Bertz CT molecular complexity index is 779. The molecule has 132 valence electrons. The van der Waals surface area contributed by atoms with Crippen molar-refractivity contribution in [3.8, 4) is 11.5 Å². The molecule has 1 amide bonds. The van der Waals surface area contributed by atoms with Crippen LogP contribution in [0.25, 0.3) is 0 Å². The normalized spacial score (nSPS) is 13.3. The smallest absolute Gasteiger partial charge is 0.259 e. The largest absolute Gasteiger partial charge is 0.490 e. The molecule has 1 aromatic heterocycles. The van der Waals surface area contributed by atoms with Crippen molar-refractivity contribution in [1.82, 2.24) is 14.9 Å². The number of aromatic nitrogens is 2. The molecule has 0 bridgehead atoms. The Morgan fingerprint density at radius 2 is 1.88 bits per heavy atom. The van der Waals surface area contributed by atoms with Crippen LogP contribution in [0.5, 0.6) is 11.5 Å². The van der Waals surface area contributed by atoms with Gasteiger partial charge in [0.25, 0.3) is 5.91 Å². The van der Waals surface area contributed by atoms with Crippen molar-refractivity contribution >= 4 is 11.7 Å². The Balaban J connectivity index is 1.86. The minimum atomic E-state index is -0.157. The highest BCUT2D eigenvalue weighted by Crippen LogP contribution is 2.34. The molecule has 0 fully saturated rings. The number of nitrogens with zero attached hydrogens (tertiary/aromatic N) is 3. The van der Waals surface area contributed by atoms with E-state index < -0.39 is 0 Å². The van der Waals surface area contributed by atoms with Gasteiger partial charge < -0.3 is 20.1 Å². The van der Waals surface area contributed by atoms with E-state index >= 15 is 0 Å². The highest BCUT2D eigenvalue weighted by Gasteiger charge is 2.25. The molecule has 2 aromatic rings. The summed E-state index contributed by atoms with van der Waals surface area (Å²) < 4.78 is 11.4. The van der Waals surface area contributed by atoms with Crippen LogP contribution in [0.2, 0.25) is 0 Å². The van der Waals surface area contributed by atoms with E-state index in [0.717, 1.165) is 17.7 Å². The van der Waals surface area contributed by atoms with E-state index in [1.54, 1.807) is 4.90 Å². The maximum atomic E-state index is 12.7. The number of nitrogen functional groups attached to an aromatic ring is 1. The minimum absolute atomic E-state index is 0.157. The summed E-state index contributed by atoms with van der Waals surface area (Å²) in [4.78, 5) is 22.3. The average Bonchev–Trinajstić information content (AvgIpc) is 2.62. The molecular weight excluding hydrogens is 320 g/mol. The standard InChI is InChI=1S/C18H22N4O3/c1-3-24-15-7-12-5-6-22(10-13(12)8-16(15)25-4-2)18(23)14-9-20-11-21-17(14)19/h7-9,11H,3-6,10H2,1-2H3,(H2,19,20,21). The summed E-state index contributed by atoms with van der Waals surface area (Å²) in [6, 6.07) is 3.99. The summed E-state index contributed by atoms with van der Waals surface area (Å²) in [7, 11) is 0. The molecule has 0 spiro atoms. The highest BCUT2D eigenvalue weighted by molar-refractivity contribution is 5.98. The minimum Gasteiger partial charge on any atom is -0.490 e. The Labute approximate surface area is 146 Å². The third kappa shape index (κ3) is 3.50. The lowest BCUT2D eigenvalue weighted by atomic mass is 9.98. The second kappa shape index (κ2) is 7.38. The van der Waals surface area contributed by atoms with Gasteiger partial charge >= 0.3 is 0 Å². The van der Waals surface area contributed by atoms with Crippen LogP contribution in [0.15, 0.2) is 24.7 Å². The quantitative estimate of drug-likeness (QED) is 0.894. The predicted octanol–water partition coefficient (Wildman–Crippen LogP) is 2.05. The lowest BCUT2D eigenvalue weighted by Crippen LogP contribution is -2.36. The van der Waals surface area contributed by atoms with Crippen molar-refractivity contribution < 1.29 is 14.3 Å². The summed E-state index contributed by atoms with van der Waals surface area (Å²) >= 11 is 0. The molecule has 0 radical (unpaired) electrons. The van der Waals surface area contributed by atoms with Gasteiger partial charge in [0.2, 0.25) is 0 Å². The van der Waals surface area contributed by atoms with E-state index in [0.29, 0.717) is 37.6 Å². The fourth-order valence-electron chi connectivity index (χ4n) is 2.95. The Morgan fingerprint density at radius 3 is 2.52 bits per heavy atom. The van der Waals surface area contributed by atoms with Gasteiger partial charge in [-0.3, -0.25) is 4.79 Å². The average molecular weight is 342 g/mol. The molecule has 0 aliphatic carbocycles. The molecule has 0 saturated heterocycles. The van der Waals surface area contributed by atoms with Gasteiger partial charge in [-0.15, -0.1) is 0 Å². The molecule has 0 unspecified atom stereocenters. The number of carbonyl (C=O) groups excluding carboxylic acids is 1. The first-order chi connectivity index (χ1) is 12.1. The van der Waals surface area contributed by atoms with E-state index in [2.05, 4.69) is 9.97 Å². The molecule has 1 aromatic carbocycles. The summed E-state index contributed by atoms with van der Waals surface area (Å²) in [5.74, 6) is 1.51.